The molecule has 1 amide bonds. The Morgan fingerprint density at radius 3 is 2.76 bits per heavy atom. The number of aromatic nitrogens is 6. The molecule has 1 aromatic carbocycles. The van der Waals surface area contributed by atoms with Crippen LogP contribution in [0.5, 0.6) is 0 Å². The van der Waals surface area contributed by atoms with E-state index in [4.69, 9.17) is 4.42 Å². The minimum absolute atomic E-state index is 0.0991. The lowest BCUT2D eigenvalue weighted by molar-refractivity contribution is 0.0894. The van der Waals surface area contributed by atoms with Gasteiger partial charge >= 0.3 is 11.8 Å². The molecule has 0 spiro atoms. The zero-order valence-electron chi connectivity index (χ0n) is 21.2. The van der Waals surface area contributed by atoms with Crippen LogP contribution >= 0.6 is 0 Å². The third kappa shape index (κ3) is 5.35. The van der Waals surface area contributed by atoms with Gasteiger partial charge in [-0.25, -0.2) is 14.4 Å². The Hall–Kier alpha value is -4.15. The normalized spacial score (nSPS) is 17.6. The molecule has 2 atom stereocenters. The quantitative estimate of drug-likeness (QED) is 0.332. The first-order chi connectivity index (χ1) is 17.7. The number of nitrogens with one attached hydrogen (secondary N) is 3. The summed E-state index contributed by atoms with van der Waals surface area (Å²) in [5.74, 6) is 0.244. The van der Waals surface area contributed by atoms with Crippen molar-refractivity contribution < 1.29 is 13.6 Å². The van der Waals surface area contributed by atoms with Crippen molar-refractivity contribution in [3.8, 4) is 11.3 Å². The molecule has 0 fully saturated rings. The van der Waals surface area contributed by atoms with Crippen molar-refractivity contribution in [3.63, 3.8) is 0 Å². The Labute approximate surface area is 213 Å². The van der Waals surface area contributed by atoms with Gasteiger partial charge in [-0.2, -0.15) is 5.10 Å². The van der Waals surface area contributed by atoms with E-state index in [2.05, 4.69) is 41.0 Å². The van der Waals surface area contributed by atoms with E-state index in [1.807, 2.05) is 45.9 Å². The first kappa shape index (κ1) is 24.5. The highest BCUT2D eigenvalue weighted by atomic mass is 19.1. The topological polar surface area (TPSA) is 135 Å². The molecule has 5 rings (SSSR count). The van der Waals surface area contributed by atoms with Gasteiger partial charge < -0.3 is 15.1 Å². The molecule has 4 aromatic rings. The maximum absolute atomic E-state index is 14.7. The average Bonchev–Trinajstić information content (AvgIpc) is 3.48. The van der Waals surface area contributed by atoms with Gasteiger partial charge in [0.05, 0.1) is 23.1 Å². The molecule has 3 aromatic heterocycles. The number of carbonyl (C=O) groups excluding carboxylic acids is 1. The Balaban J connectivity index is 1.39. The van der Waals surface area contributed by atoms with Crippen LogP contribution in [0.1, 0.15) is 73.1 Å². The second-order valence-electron chi connectivity index (χ2n) is 10.3. The molecule has 0 radical (unpaired) electrons. The monoisotopic (exact) mass is 504 g/mol. The van der Waals surface area contributed by atoms with Gasteiger partial charge in [0.2, 0.25) is 11.8 Å². The number of aryl methyl sites for hydroxylation is 1. The van der Waals surface area contributed by atoms with E-state index < -0.39 is 12.1 Å². The molecular formula is C26H29FN8O2. The number of benzene rings is 1. The van der Waals surface area contributed by atoms with Crippen molar-refractivity contribution in [1.29, 1.82) is 0 Å². The van der Waals surface area contributed by atoms with Gasteiger partial charge in [-0.3, -0.25) is 9.89 Å². The van der Waals surface area contributed by atoms with Crippen molar-refractivity contribution in [3.05, 3.63) is 65.3 Å². The van der Waals surface area contributed by atoms with Crippen molar-refractivity contribution in [2.75, 3.05) is 5.32 Å². The minimum Gasteiger partial charge on any atom is -0.416 e. The fourth-order valence-corrected chi connectivity index (χ4v) is 4.30. The summed E-state index contributed by atoms with van der Waals surface area (Å²) in [4.78, 5) is 21.8. The molecule has 1 aliphatic carbocycles. The number of rotatable bonds is 5. The van der Waals surface area contributed by atoms with Gasteiger partial charge in [0.1, 0.15) is 6.17 Å². The van der Waals surface area contributed by atoms with E-state index >= 15 is 0 Å². The number of H-pyrrole nitrogens is 1. The summed E-state index contributed by atoms with van der Waals surface area (Å²) in [5, 5.41) is 20.9. The van der Waals surface area contributed by atoms with E-state index in [0.29, 0.717) is 30.4 Å². The Morgan fingerprint density at radius 2 is 2.03 bits per heavy atom. The number of hydrogen-bond donors (Lipinski definition) is 3. The fraction of sp³-hybridized carbons (Fsp3) is 0.385. The maximum atomic E-state index is 14.7. The zero-order chi connectivity index (χ0) is 26.2. The number of hydrogen-bond acceptors (Lipinski definition) is 8. The van der Waals surface area contributed by atoms with Crippen LogP contribution in [0.3, 0.4) is 0 Å². The molecule has 0 saturated carbocycles. The third-order valence-corrected chi connectivity index (χ3v) is 6.32. The molecule has 37 heavy (non-hydrogen) atoms. The smallest absolute Gasteiger partial charge is 0.309 e. The van der Waals surface area contributed by atoms with E-state index in [9.17, 15) is 9.18 Å². The molecule has 0 unspecified atom stereocenters. The number of fused-ring (bicyclic) bond motifs is 1. The van der Waals surface area contributed by atoms with Gasteiger partial charge in [0.25, 0.3) is 0 Å². The summed E-state index contributed by atoms with van der Waals surface area (Å²) in [6.07, 6.45) is 3.45. The van der Waals surface area contributed by atoms with E-state index in [0.717, 1.165) is 28.1 Å². The highest BCUT2D eigenvalue weighted by Crippen LogP contribution is 2.33. The van der Waals surface area contributed by atoms with Gasteiger partial charge in [-0.05, 0) is 43.0 Å². The van der Waals surface area contributed by atoms with Crippen molar-refractivity contribution in [1.82, 2.24) is 35.7 Å². The van der Waals surface area contributed by atoms with Crippen LogP contribution in [-0.4, -0.2) is 42.4 Å². The molecule has 0 saturated heterocycles. The average molecular weight is 505 g/mol. The zero-order valence-corrected chi connectivity index (χ0v) is 21.2. The molecular weight excluding hydrogens is 475 g/mol. The largest absolute Gasteiger partial charge is 0.416 e. The molecule has 192 valence electrons. The summed E-state index contributed by atoms with van der Waals surface area (Å²) in [5.41, 5.74) is 4.44. The first-order valence-electron chi connectivity index (χ1n) is 12.2. The van der Waals surface area contributed by atoms with E-state index in [-0.39, 0.29) is 23.8 Å². The number of alkyl halides is 1. The van der Waals surface area contributed by atoms with Gasteiger partial charge in [-0.15, -0.1) is 10.2 Å². The van der Waals surface area contributed by atoms with Gasteiger partial charge in [-0.1, -0.05) is 32.9 Å². The summed E-state index contributed by atoms with van der Waals surface area (Å²) in [7, 11) is 0. The molecule has 11 heteroatoms. The van der Waals surface area contributed by atoms with Crippen LogP contribution in [0.4, 0.5) is 16.0 Å². The van der Waals surface area contributed by atoms with Crippen molar-refractivity contribution in [2.45, 2.75) is 64.6 Å². The molecule has 0 bridgehead atoms. The van der Waals surface area contributed by atoms with Gasteiger partial charge in [0.15, 0.2) is 0 Å². The lowest BCUT2D eigenvalue weighted by Crippen LogP contribution is -2.29. The highest BCUT2D eigenvalue weighted by Gasteiger charge is 2.29. The van der Waals surface area contributed by atoms with Crippen LogP contribution in [0.25, 0.3) is 11.3 Å². The summed E-state index contributed by atoms with van der Waals surface area (Å²) < 4.78 is 20.3. The fourth-order valence-electron chi connectivity index (χ4n) is 4.30. The maximum Gasteiger partial charge on any atom is 0.309 e. The third-order valence-electron chi connectivity index (χ3n) is 6.32. The molecule has 0 aliphatic heterocycles. The van der Waals surface area contributed by atoms with Crippen LogP contribution in [0, 0.1) is 6.92 Å². The second kappa shape index (κ2) is 9.72. The summed E-state index contributed by atoms with van der Waals surface area (Å²) in [6, 6.07) is 7.22. The minimum atomic E-state index is -1.02. The van der Waals surface area contributed by atoms with Crippen LogP contribution < -0.4 is 10.6 Å². The Bertz CT molecular complexity index is 1420. The lowest BCUT2D eigenvalue weighted by atomic mass is 9.95. The number of nitrogens with zero attached hydrogens (tertiary/aromatic N) is 5. The second-order valence-corrected chi connectivity index (χ2v) is 10.3. The van der Waals surface area contributed by atoms with Gasteiger partial charge in [0, 0.05) is 29.8 Å². The SMILES string of the molecule is Cc1n[nH]cc1Nc1nccc(-c2ccc3c(c2)C[C@H](F)CC[C@H]3NC(=O)c2nnc(C(C)(C)C)o2)n1. The van der Waals surface area contributed by atoms with E-state index in [1.165, 1.54) is 0 Å². The first-order valence-corrected chi connectivity index (χ1v) is 12.2. The lowest BCUT2D eigenvalue weighted by Gasteiger charge is -2.19. The van der Waals surface area contributed by atoms with Crippen LogP contribution in [-0.2, 0) is 11.8 Å². The summed E-state index contributed by atoms with van der Waals surface area (Å²) in [6.45, 7) is 7.66. The Morgan fingerprint density at radius 1 is 1.19 bits per heavy atom. The molecule has 3 heterocycles. The number of anilines is 2. The van der Waals surface area contributed by atoms with Crippen molar-refractivity contribution in [2.24, 2.45) is 0 Å². The number of carbonyl (C=O) groups is 1. The van der Waals surface area contributed by atoms with Crippen molar-refractivity contribution >= 4 is 17.5 Å². The summed E-state index contributed by atoms with van der Waals surface area (Å²) >= 11 is 0. The van der Waals surface area contributed by atoms with Crippen LogP contribution in [0.2, 0.25) is 0 Å². The van der Waals surface area contributed by atoms with Crippen LogP contribution in [0.15, 0.2) is 41.1 Å². The molecule has 1 aliphatic rings. The van der Waals surface area contributed by atoms with E-state index in [1.54, 1.807) is 18.5 Å². The predicted octanol–water partition coefficient (Wildman–Crippen LogP) is 4.74. The predicted molar refractivity (Wildman–Crippen MR) is 135 cm³/mol. The standard InChI is InChI=1S/C26H29FN8O2/c1-14-21(13-29-33-14)32-25-28-10-9-19(31-25)15-5-7-18-16(11-15)12-17(27)6-8-20(18)30-22(36)23-34-35-24(37-23)26(2,3)4/h5,7,9-11,13,17,20H,6,8,12H2,1-4H3,(H,29,33)(H,30,36)(H,28,31,32)/t17-,20-/m1/s1. The molecule has 3 N–H and O–H groups in total. The number of amides is 1. The highest BCUT2D eigenvalue weighted by molar-refractivity contribution is 5.89. The molecule has 10 nitrogen and oxygen atoms in total. The number of halogens is 1. The number of aromatic amines is 1. The Kier molecular flexibility index (Phi) is 6.45.